The number of ether oxygens (including phenoxy) is 3. The summed E-state index contributed by atoms with van der Waals surface area (Å²) in [6, 6.07) is 5.63. The number of rotatable bonds is 2. The van der Waals surface area contributed by atoms with Gasteiger partial charge in [-0.3, -0.25) is 4.79 Å². The number of benzene rings is 1. The zero-order valence-corrected chi connectivity index (χ0v) is 11.2. The van der Waals surface area contributed by atoms with Gasteiger partial charge >= 0.3 is 0 Å². The van der Waals surface area contributed by atoms with Gasteiger partial charge in [-0.15, -0.1) is 0 Å². The van der Waals surface area contributed by atoms with Crippen LogP contribution >= 0.6 is 11.6 Å². The fourth-order valence-electron chi connectivity index (χ4n) is 2.66. The molecule has 19 heavy (non-hydrogen) atoms. The minimum Gasteiger partial charge on any atom is -0.486 e. The molecule has 2 heterocycles. The summed E-state index contributed by atoms with van der Waals surface area (Å²) in [5.74, 6) is 1.41. The van der Waals surface area contributed by atoms with Gasteiger partial charge in [0.2, 0.25) is 5.24 Å². The van der Waals surface area contributed by atoms with E-state index < -0.39 is 5.41 Å². The average molecular weight is 283 g/mol. The van der Waals surface area contributed by atoms with Crippen molar-refractivity contribution in [2.24, 2.45) is 0 Å². The van der Waals surface area contributed by atoms with Crippen LogP contribution in [0.4, 0.5) is 0 Å². The third kappa shape index (κ3) is 2.19. The van der Waals surface area contributed by atoms with Gasteiger partial charge < -0.3 is 14.2 Å². The van der Waals surface area contributed by atoms with Gasteiger partial charge in [0.25, 0.3) is 0 Å². The van der Waals surface area contributed by atoms with Gasteiger partial charge in [-0.05, 0) is 42.1 Å². The Morgan fingerprint density at radius 3 is 2.42 bits per heavy atom. The minimum atomic E-state index is -0.657. The Morgan fingerprint density at radius 2 is 1.74 bits per heavy atom. The molecular weight excluding hydrogens is 268 g/mol. The van der Waals surface area contributed by atoms with E-state index >= 15 is 0 Å². The van der Waals surface area contributed by atoms with Gasteiger partial charge in [0.1, 0.15) is 13.2 Å². The normalized spacial score (nSPS) is 20.9. The molecule has 3 rings (SSSR count). The Labute approximate surface area is 116 Å². The van der Waals surface area contributed by atoms with E-state index in [1.165, 1.54) is 0 Å². The van der Waals surface area contributed by atoms with Crippen molar-refractivity contribution in [2.75, 3.05) is 26.4 Å². The van der Waals surface area contributed by atoms with E-state index in [-0.39, 0.29) is 5.24 Å². The minimum absolute atomic E-state index is 0.326. The number of hydrogen-bond acceptors (Lipinski definition) is 4. The molecule has 0 bridgehead atoms. The highest BCUT2D eigenvalue weighted by Crippen LogP contribution is 2.41. The highest BCUT2D eigenvalue weighted by molar-refractivity contribution is 6.65. The lowest BCUT2D eigenvalue weighted by Crippen LogP contribution is -2.39. The van der Waals surface area contributed by atoms with Crippen LogP contribution < -0.4 is 9.47 Å². The molecule has 0 aliphatic carbocycles. The molecule has 0 aromatic heterocycles. The van der Waals surface area contributed by atoms with Crippen molar-refractivity contribution in [3.05, 3.63) is 23.8 Å². The first-order chi connectivity index (χ1) is 9.22. The summed E-state index contributed by atoms with van der Waals surface area (Å²) in [5, 5.41) is -0.326. The monoisotopic (exact) mass is 282 g/mol. The van der Waals surface area contributed by atoms with E-state index in [1.54, 1.807) is 0 Å². The van der Waals surface area contributed by atoms with Gasteiger partial charge in [-0.1, -0.05) is 6.07 Å². The summed E-state index contributed by atoms with van der Waals surface area (Å²) < 4.78 is 16.4. The number of carbonyl (C=O) groups excluding carboxylic acids is 1. The smallest absolute Gasteiger partial charge is 0.232 e. The number of fused-ring (bicyclic) bond motifs is 1. The van der Waals surface area contributed by atoms with Crippen LogP contribution in [0.3, 0.4) is 0 Å². The van der Waals surface area contributed by atoms with Crippen LogP contribution in [0.15, 0.2) is 18.2 Å². The molecule has 1 aromatic carbocycles. The fraction of sp³-hybridized carbons (Fsp3) is 0.500. The highest BCUT2D eigenvalue weighted by atomic mass is 35.5. The largest absolute Gasteiger partial charge is 0.486 e. The summed E-state index contributed by atoms with van der Waals surface area (Å²) in [7, 11) is 0. The second-order valence-corrected chi connectivity index (χ2v) is 5.17. The van der Waals surface area contributed by atoms with Gasteiger partial charge in [0, 0.05) is 13.2 Å². The summed E-state index contributed by atoms with van der Waals surface area (Å²) in [6.45, 7) is 2.18. The van der Waals surface area contributed by atoms with Crippen molar-refractivity contribution in [3.63, 3.8) is 0 Å². The Hall–Kier alpha value is -1.26. The van der Waals surface area contributed by atoms with Crippen LogP contribution in [0, 0.1) is 0 Å². The van der Waals surface area contributed by atoms with Crippen LogP contribution in [-0.4, -0.2) is 31.7 Å². The molecule has 102 valence electrons. The predicted octanol–water partition coefficient (Wildman–Crippen LogP) is 2.27. The van der Waals surface area contributed by atoms with E-state index in [0.717, 1.165) is 11.3 Å². The molecule has 0 unspecified atom stereocenters. The third-order valence-corrected chi connectivity index (χ3v) is 4.18. The first kappa shape index (κ1) is 12.8. The number of halogens is 1. The van der Waals surface area contributed by atoms with E-state index in [2.05, 4.69) is 0 Å². The van der Waals surface area contributed by atoms with E-state index in [1.807, 2.05) is 18.2 Å². The van der Waals surface area contributed by atoms with Crippen molar-refractivity contribution in [2.45, 2.75) is 18.3 Å². The number of hydrogen-bond donors (Lipinski definition) is 0. The van der Waals surface area contributed by atoms with Crippen molar-refractivity contribution in [3.8, 4) is 11.5 Å². The molecule has 1 fully saturated rings. The Kier molecular flexibility index (Phi) is 3.37. The predicted molar refractivity (Wildman–Crippen MR) is 70.0 cm³/mol. The highest BCUT2D eigenvalue weighted by Gasteiger charge is 2.41. The van der Waals surface area contributed by atoms with Crippen LogP contribution in [0.1, 0.15) is 18.4 Å². The Bertz CT molecular complexity index is 494. The molecule has 1 saturated heterocycles. The Morgan fingerprint density at radius 1 is 1.05 bits per heavy atom. The first-order valence-electron chi connectivity index (χ1n) is 6.40. The molecule has 2 aliphatic heterocycles. The molecule has 0 N–H and O–H groups in total. The maximum atomic E-state index is 11.9. The molecule has 1 aromatic rings. The van der Waals surface area contributed by atoms with Crippen molar-refractivity contribution in [1.29, 1.82) is 0 Å². The molecule has 2 aliphatic rings. The SMILES string of the molecule is O=C(Cl)C1(c2ccc3c(c2)OCCO3)CCOCC1. The quantitative estimate of drug-likeness (QED) is 0.781. The second kappa shape index (κ2) is 5.02. The fourth-order valence-corrected chi connectivity index (χ4v) is 2.96. The zero-order valence-electron chi connectivity index (χ0n) is 10.5. The molecule has 0 atom stereocenters. The molecule has 4 nitrogen and oxygen atoms in total. The van der Waals surface area contributed by atoms with Gasteiger partial charge in [0.15, 0.2) is 11.5 Å². The maximum absolute atomic E-state index is 11.9. The molecular formula is C14H15ClO4. The topological polar surface area (TPSA) is 44.8 Å². The summed E-state index contributed by atoms with van der Waals surface area (Å²) in [6.07, 6.45) is 1.21. The molecule has 0 saturated carbocycles. The van der Waals surface area contributed by atoms with E-state index in [0.29, 0.717) is 45.0 Å². The number of carbonyl (C=O) groups is 1. The molecule has 0 spiro atoms. The molecule has 5 heteroatoms. The summed E-state index contributed by atoms with van der Waals surface area (Å²) >= 11 is 5.86. The maximum Gasteiger partial charge on any atom is 0.232 e. The average Bonchev–Trinajstić information content (AvgIpc) is 2.47. The molecule has 0 radical (unpaired) electrons. The lowest BCUT2D eigenvalue weighted by atomic mass is 9.75. The van der Waals surface area contributed by atoms with Crippen molar-refractivity contribution >= 4 is 16.8 Å². The van der Waals surface area contributed by atoms with E-state index in [9.17, 15) is 4.79 Å². The van der Waals surface area contributed by atoms with Crippen molar-refractivity contribution < 1.29 is 19.0 Å². The van der Waals surface area contributed by atoms with E-state index in [4.69, 9.17) is 25.8 Å². The van der Waals surface area contributed by atoms with Gasteiger partial charge in [0.05, 0.1) is 5.41 Å². The molecule has 0 amide bonds. The zero-order chi connectivity index (χ0) is 13.3. The van der Waals surface area contributed by atoms with Crippen LogP contribution in [0.5, 0.6) is 11.5 Å². The van der Waals surface area contributed by atoms with Gasteiger partial charge in [-0.25, -0.2) is 0 Å². The van der Waals surface area contributed by atoms with Crippen LogP contribution in [0.2, 0.25) is 0 Å². The lowest BCUT2D eigenvalue weighted by molar-refractivity contribution is -0.120. The lowest BCUT2D eigenvalue weighted by Gasteiger charge is -2.34. The second-order valence-electron chi connectivity index (χ2n) is 4.83. The Balaban J connectivity index is 2.01. The van der Waals surface area contributed by atoms with Gasteiger partial charge in [-0.2, -0.15) is 0 Å². The standard InChI is InChI=1S/C14H15ClO4/c15-13(16)14(3-5-17-6-4-14)10-1-2-11-12(9-10)19-8-7-18-11/h1-2,9H,3-8H2. The van der Waals surface area contributed by atoms with Crippen molar-refractivity contribution in [1.82, 2.24) is 0 Å². The summed E-state index contributed by atoms with van der Waals surface area (Å²) in [4.78, 5) is 11.9. The summed E-state index contributed by atoms with van der Waals surface area (Å²) in [5.41, 5.74) is 0.232. The van der Waals surface area contributed by atoms with Crippen LogP contribution in [0.25, 0.3) is 0 Å². The first-order valence-corrected chi connectivity index (χ1v) is 6.78. The third-order valence-electron chi connectivity index (χ3n) is 3.82. The van der Waals surface area contributed by atoms with Crippen LogP contribution in [-0.2, 0) is 14.9 Å².